The zero-order chi connectivity index (χ0) is 27.8. The predicted octanol–water partition coefficient (Wildman–Crippen LogP) is 3.74. The van der Waals surface area contributed by atoms with Crippen LogP contribution in [0.3, 0.4) is 0 Å². The molecule has 0 aliphatic heterocycles. The number of nitrogens with zero attached hydrogens (tertiary/aromatic N) is 1. The summed E-state index contributed by atoms with van der Waals surface area (Å²) in [7, 11) is 0. The largest absolute Gasteiger partial charge is 0.444 e. The first kappa shape index (κ1) is 30.9. The molecule has 0 radical (unpaired) electrons. The Hall–Kier alpha value is -3.10. The fourth-order valence-corrected chi connectivity index (χ4v) is 3.95. The van der Waals surface area contributed by atoms with Gasteiger partial charge in [0.15, 0.2) is 0 Å². The molecule has 0 bridgehead atoms. The van der Waals surface area contributed by atoms with Crippen molar-refractivity contribution in [2.45, 2.75) is 111 Å². The maximum absolute atomic E-state index is 14.0. The number of carbonyl (C=O) groups is 4. The molecule has 3 unspecified atom stereocenters. The Morgan fingerprint density at radius 3 is 2.14 bits per heavy atom. The molecule has 0 saturated heterocycles. The highest BCUT2D eigenvalue weighted by Gasteiger charge is 2.42. The second-order valence-corrected chi connectivity index (χ2v) is 11.3. The number of nitrogens with two attached hydrogens (primary N) is 1. The highest BCUT2D eigenvalue weighted by atomic mass is 16.6. The van der Waals surface area contributed by atoms with E-state index in [4.69, 9.17) is 10.5 Å². The van der Waals surface area contributed by atoms with Gasteiger partial charge in [-0.15, -0.1) is 0 Å². The average molecular weight is 505 g/mol. The van der Waals surface area contributed by atoms with Crippen molar-refractivity contribution in [3.8, 4) is 0 Å². The summed E-state index contributed by atoms with van der Waals surface area (Å²) in [4.78, 5) is 53.5. The summed E-state index contributed by atoms with van der Waals surface area (Å²) in [6.45, 7) is 16.3. The monoisotopic (exact) mass is 504 g/mol. The van der Waals surface area contributed by atoms with Crippen LogP contribution in [0.5, 0.6) is 0 Å². The van der Waals surface area contributed by atoms with Crippen molar-refractivity contribution in [3.63, 3.8) is 0 Å². The number of alkyl carbamates (subject to hydrolysis) is 1. The zero-order valence-corrected chi connectivity index (χ0v) is 23.2. The van der Waals surface area contributed by atoms with Gasteiger partial charge in [0.25, 0.3) is 0 Å². The number of carbonyl (C=O) groups excluding carboxylic acids is 4. The summed E-state index contributed by atoms with van der Waals surface area (Å²) in [5.41, 5.74) is 5.30. The van der Waals surface area contributed by atoms with Gasteiger partial charge in [-0.2, -0.15) is 0 Å². The van der Waals surface area contributed by atoms with Crippen molar-refractivity contribution < 1.29 is 23.9 Å². The number of nitrogens with one attached hydrogen (secondary N) is 2. The number of aryl methyl sites for hydroxylation is 1. The maximum atomic E-state index is 14.0. The summed E-state index contributed by atoms with van der Waals surface area (Å²) >= 11 is 0. The van der Waals surface area contributed by atoms with Gasteiger partial charge in [-0.25, -0.2) is 4.79 Å². The second-order valence-electron chi connectivity index (χ2n) is 11.3. The van der Waals surface area contributed by atoms with E-state index < -0.39 is 47.6 Å². The number of amides is 4. The molecule has 3 atom stereocenters. The van der Waals surface area contributed by atoms with E-state index in [2.05, 4.69) is 10.6 Å². The van der Waals surface area contributed by atoms with E-state index in [-0.39, 0.29) is 11.9 Å². The summed E-state index contributed by atoms with van der Waals surface area (Å²) in [5, 5.41) is 5.51. The van der Waals surface area contributed by atoms with Crippen LogP contribution in [0.4, 0.5) is 4.79 Å². The van der Waals surface area contributed by atoms with Crippen molar-refractivity contribution in [3.05, 3.63) is 35.4 Å². The first-order valence-corrected chi connectivity index (χ1v) is 12.4. The molecule has 9 nitrogen and oxygen atoms in total. The van der Waals surface area contributed by atoms with Crippen LogP contribution in [0.1, 0.15) is 91.8 Å². The van der Waals surface area contributed by atoms with Gasteiger partial charge < -0.3 is 26.0 Å². The van der Waals surface area contributed by atoms with Gasteiger partial charge in [0.2, 0.25) is 17.7 Å². The summed E-state index contributed by atoms with van der Waals surface area (Å²) in [6, 6.07) is 4.95. The second kappa shape index (κ2) is 12.7. The standard InChI is InChI=1S/C27H44N4O5/c1-10-12-18(3)29-23(33)22(19-14-11-13-17(2)15-19)31(26(4,5)6)24(34)20(16-21(28)32)30-25(35)36-27(7,8)9/h11,13-15,18,20,22H,10,12,16H2,1-9H3,(H2,28,32)(H,29,33)(H,30,35). The van der Waals surface area contributed by atoms with Crippen LogP contribution in [0, 0.1) is 6.92 Å². The summed E-state index contributed by atoms with van der Waals surface area (Å²) in [5.74, 6) is -1.73. The van der Waals surface area contributed by atoms with Crippen LogP contribution in [-0.2, 0) is 19.1 Å². The fourth-order valence-electron chi connectivity index (χ4n) is 3.95. The molecule has 1 aromatic rings. The minimum Gasteiger partial charge on any atom is -0.444 e. The van der Waals surface area contributed by atoms with Crippen molar-refractivity contribution in [2.24, 2.45) is 5.73 Å². The Kier molecular flexibility index (Phi) is 10.9. The minimum absolute atomic E-state index is 0.104. The van der Waals surface area contributed by atoms with Gasteiger partial charge in [0.05, 0.1) is 6.42 Å². The topological polar surface area (TPSA) is 131 Å². The van der Waals surface area contributed by atoms with E-state index in [9.17, 15) is 19.2 Å². The Morgan fingerprint density at radius 1 is 1.06 bits per heavy atom. The van der Waals surface area contributed by atoms with Gasteiger partial charge in [-0.05, 0) is 67.4 Å². The van der Waals surface area contributed by atoms with Crippen molar-refractivity contribution in [1.82, 2.24) is 15.5 Å². The van der Waals surface area contributed by atoms with E-state index in [0.717, 1.165) is 18.4 Å². The van der Waals surface area contributed by atoms with Crippen LogP contribution in [-0.4, -0.2) is 51.9 Å². The Morgan fingerprint density at radius 2 is 1.67 bits per heavy atom. The number of benzene rings is 1. The lowest BCUT2D eigenvalue weighted by Crippen LogP contribution is -2.59. The molecule has 1 rings (SSSR count). The van der Waals surface area contributed by atoms with Crippen LogP contribution < -0.4 is 16.4 Å². The molecule has 0 saturated carbocycles. The van der Waals surface area contributed by atoms with E-state index >= 15 is 0 Å². The fraction of sp³-hybridized carbons (Fsp3) is 0.630. The van der Waals surface area contributed by atoms with E-state index in [0.29, 0.717) is 5.56 Å². The van der Waals surface area contributed by atoms with Crippen LogP contribution >= 0.6 is 0 Å². The van der Waals surface area contributed by atoms with Crippen LogP contribution in [0.25, 0.3) is 0 Å². The van der Waals surface area contributed by atoms with Gasteiger partial charge >= 0.3 is 6.09 Å². The lowest BCUT2D eigenvalue weighted by atomic mass is 9.94. The Balaban J connectivity index is 3.58. The molecule has 0 aliphatic carbocycles. The first-order chi connectivity index (χ1) is 16.5. The molecule has 1 aromatic carbocycles. The summed E-state index contributed by atoms with van der Waals surface area (Å²) in [6.07, 6.45) is 0.363. The average Bonchev–Trinajstić information content (AvgIpc) is 2.68. The number of primary amides is 1. The molecule has 36 heavy (non-hydrogen) atoms. The van der Waals surface area contributed by atoms with Crippen LogP contribution in [0.2, 0.25) is 0 Å². The Labute approximate surface area is 215 Å². The van der Waals surface area contributed by atoms with E-state index in [1.807, 2.05) is 39.0 Å². The normalized spacial score (nSPS) is 14.2. The SMILES string of the molecule is CCCC(C)NC(=O)C(c1cccc(C)c1)N(C(=O)C(CC(N)=O)NC(=O)OC(C)(C)C)C(C)(C)C. The lowest BCUT2D eigenvalue weighted by Gasteiger charge is -2.43. The highest BCUT2D eigenvalue weighted by molar-refractivity contribution is 5.95. The molecule has 0 heterocycles. The maximum Gasteiger partial charge on any atom is 0.408 e. The molecule has 4 amide bonds. The zero-order valence-electron chi connectivity index (χ0n) is 23.2. The quantitative estimate of drug-likeness (QED) is 0.447. The number of ether oxygens (including phenoxy) is 1. The van der Waals surface area contributed by atoms with E-state index in [1.165, 1.54) is 4.90 Å². The molecule has 9 heteroatoms. The smallest absolute Gasteiger partial charge is 0.408 e. The molecular formula is C27H44N4O5. The number of hydrogen-bond donors (Lipinski definition) is 3. The Bertz CT molecular complexity index is 933. The minimum atomic E-state index is -1.32. The third-order valence-corrected chi connectivity index (χ3v) is 5.33. The predicted molar refractivity (Wildman–Crippen MR) is 140 cm³/mol. The van der Waals surface area contributed by atoms with Crippen molar-refractivity contribution in [1.29, 1.82) is 0 Å². The van der Waals surface area contributed by atoms with E-state index in [1.54, 1.807) is 47.6 Å². The van der Waals surface area contributed by atoms with Crippen LogP contribution in [0.15, 0.2) is 24.3 Å². The molecule has 0 aliphatic rings. The van der Waals surface area contributed by atoms with Gasteiger partial charge in [-0.1, -0.05) is 43.2 Å². The lowest BCUT2D eigenvalue weighted by molar-refractivity contribution is -0.149. The molecule has 4 N–H and O–H groups in total. The third kappa shape index (κ3) is 9.87. The molecule has 202 valence electrons. The molecule has 0 aromatic heterocycles. The number of rotatable bonds is 10. The van der Waals surface area contributed by atoms with Crippen molar-refractivity contribution in [2.75, 3.05) is 0 Å². The molecule has 0 spiro atoms. The first-order valence-electron chi connectivity index (χ1n) is 12.4. The van der Waals surface area contributed by atoms with Gasteiger partial charge in [0.1, 0.15) is 17.7 Å². The molecular weight excluding hydrogens is 460 g/mol. The third-order valence-electron chi connectivity index (χ3n) is 5.33. The summed E-state index contributed by atoms with van der Waals surface area (Å²) < 4.78 is 5.30. The van der Waals surface area contributed by atoms with Gasteiger partial charge in [0, 0.05) is 11.6 Å². The molecule has 0 fully saturated rings. The van der Waals surface area contributed by atoms with Gasteiger partial charge in [-0.3, -0.25) is 14.4 Å². The number of hydrogen-bond acceptors (Lipinski definition) is 5. The highest BCUT2D eigenvalue weighted by Crippen LogP contribution is 2.31. The van der Waals surface area contributed by atoms with Crippen molar-refractivity contribution >= 4 is 23.8 Å².